The van der Waals surface area contributed by atoms with Crippen LogP contribution in [0.4, 0.5) is 0 Å². The normalized spacial score (nSPS) is 16.3. The van der Waals surface area contributed by atoms with E-state index in [4.69, 9.17) is 16.3 Å². The number of piperidine rings is 1. The molecule has 130 valence electrons. The summed E-state index contributed by atoms with van der Waals surface area (Å²) in [7, 11) is 0. The highest BCUT2D eigenvalue weighted by atomic mass is 35.5. The number of likely N-dealkylation sites (tertiary alicyclic amines) is 1. The Morgan fingerprint density at radius 1 is 1.04 bits per heavy atom. The first-order valence-corrected chi connectivity index (χ1v) is 8.40. The second kappa shape index (κ2) is 7.15. The number of ether oxygens (including phenoxy) is 1. The number of aliphatic carboxylic acids is 1. The topological polar surface area (TPSA) is 66.8 Å². The maximum Gasteiger partial charge on any atom is 0.348 e. The van der Waals surface area contributed by atoms with Crippen molar-refractivity contribution < 1.29 is 19.4 Å². The Kier molecular flexibility index (Phi) is 4.95. The second-order valence-electron chi connectivity index (χ2n) is 6.02. The Morgan fingerprint density at radius 3 is 2.32 bits per heavy atom. The summed E-state index contributed by atoms with van der Waals surface area (Å²) in [6.45, 7) is 0.620. The minimum Gasteiger partial charge on any atom is -0.478 e. The van der Waals surface area contributed by atoms with E-state index in [-0.39, 0.29) is 18.7 Å². The van der Waals surface area contributed by atoms with Gasteiger partial charge in [0.2, 0.25) is 5.60 Å². The fraction of sp³-hybridized carbons (Fsp3) is 0.263. The van der Waals surface area contributed by atoms with Crippen LogP contribution < -0.4 is 4.74 Å². The molecular formula is C19H18ClNO4. The van der Waals surface area contributed by atoms with Crippen LogP contribution in [0.25, 0.3) is 0 Å². The van der Waals surface area contributed by atoms with Gasteiger partial charge in [-0.25, -0.2) is 4.79 Å². The first kappa shape index (κ1) is 17.3. The van der Waals surface area contributed by atoms with Gasteiger partial charge >= 0.3 is 5.97 Å². The zero-order valence-corrected chi connectivity index (χ0v) is 14.3. The third kappa shape index (κ3) is 3.77. The largest absolute Gasteiger partial charge is 0.478 e. The van der Waals surface area contributed by atoms with E-state index in [1.807, 2.05) is 6.07 Å². The van der Waals surface area contributed by atoms with E-state index in [1.54, 1.807) is 53.4 Å². The van der Waals surface area contributed by atoms with Crippen LogP contribution >= 0.6 is 11.6 Å². The lowest BCUT2D eigenvalue weighted by Crippen LogP contribution is -2.54. The third-order valence-electron chi connectivity index (χ3n) is 4.38. The molecule has 0 radical (unpaired) electrons. The van der Waals surface area contributed by atoms with E-state index in [0.29, 0.717) is 29.4 Å². The van der Waals surface area contributed by atoms with Crippen LogP contribution in [0, 0.1) is 0 Å². The van der Waals surface area contributed by atoms with Crippen LogP contribution in [0.2, 0.25) is 5.02 Å². The lowest BCUT2D eigenvalue weighted by molar-refractivity contribution is -0.159. The Morgan fingerprint density at radius 2 is 1.72 bits per heavy atom. The molecule has 1 aliphatic heterocycles. The minimum absolute atomic E-state index is 0.152. The Labute approximate surface area is 150 Å². The maximum atomic E-state index is 12.6. The summed E-state index contributed by atoms with van der Waals surface area (Å²) in [5.74, 6) is -0.646. The van der Waals surface area contributed by atoms with Crippen molar-refractivity contribution in [3.8, 4) is 5.75 Å². The van der Waals surface area contributed by atoms with Gasteiger partial charge in [-0.3, -0.25) is 4.79 Å². The summed E-state index contributed by atoms with van der Waals surface area (Å²) in [5, 5.41) is 10.2. The summed E-state index contributed by atoms with van der Waals surface area (Å²) < 4.78 is 5.80. The number of carbonyl (C=O) groups is 2. The summed E-state index contributed by atoms with van der Waals surface area (Å²) in [6, 6.07) is 15.6. The molecule has 0 spiro atoms. The highest BCUT2D eigenvalue weighted by Crippen LogP contribution is 2.30. The van der Waals surface area contributed by atoms with Crippen molar-refractivity contribution in [3.63, 3.8) is 0 Å². The SMILES string of the molecule is O=C(c1cccc(Cl)c1)N1CCC(Oc2ccccc2)(C(=O)O)CC1. The molecule has 5 nitrogen and oxygen atoms in total. The van der Waals surface area contributed by atoms with Crippen LogP contribution in [0.5, 0.6) is 5.75 Å². The van der Waals surface area contributed by atoms with Gasteiger partial charge in [-0.2, -0.15) is 0 Å². The van der Waals surface area contributed by atoms with Crippen molar-refractivity contribution in [1.82, 2.24) is 4.90 Å². The summed E-state index contributed by atoms with van der Waals surface area (Å²) >= 11 is 5.94. The number of carboxylic acids is 1. The molecule has 1 amide bonds. The first-order valence-electron chi connectivity index (χ1n) is 8.02. The van der Waals surface area contributed by atoms with Crippen LogP contribution in [-0.2, 0) is 4.79 Å². The summed E-state index contributed by atoms with van der Waals surface area (Å²) in [6.07, 6.45) is 0.451. The molecule has 6 heteroatoms. The highest BCUT2D eigenvalue weighted by molar-refractivity contribution is 6.30. The number of carboxylic acid groups (broad SMARTS) is 1. The van der Waals surface area contributed by atoms with E-state index >= 15 is 0 Å². The second-order valence-corrected chi connectivity index (χ2v) is 6.45. The molecule has 1 N–H and O–H groups in total. The fourth-order valence-electron chi connectivity index (χ4n) is 2.95. The van der Waals surface area contributed by atoms with E-state index in [1.165, 1.54) is 0 Å². The number of hydrogen-bond donors (Lipinski definition) is 1. The molecule has 2 aromatic carbocycles. The zero-order chi connectivity index (χ0) is 17.9. The third-order valence-corrected chi connectivity index (χ3v) is 4.61. The van der Waals surface area contributed by atoms with Crippen molar-refractivity contribution in [3.05, 3.63) is 65.2 Å². The van der Waals surface area contributed by atoms with E-state index < -0.39 is 11.6 Å². The van der Waals surface area contributed by atoms with Crippen LogP contribution in [-0.4, -0.2) is 40.6 Å². The molecule has 1 aliphatic rings. The molecule has 1 fully saturated rings. The van der Waals surface area contributed by atoms with Crippen molar-refractivity contribution >= 4 is 23.5 Å². The van der Waals surface area contributed by atoms with Gasteiger partial charge in [0.25, 0.3) is 5.91 Å². The average molecular weight is 360 g/mol. The molecule has 2 aromatic rings. The lowest BCUT2D eigenvalue weighted by atomic mass is 9.90. The van der Waals surface area contributed by atoms with Gasteiger partial charge in [0.15, 0.2) is 0 Å². The zero-order valence-electron chi connectivity index (χ0n) is 13.5. The summed E-state index contributed by atoms with van der Waals surface area (Å²) in [5.41, 5.74) is -0.814. The number of carbonyl (C=O) groups excluding carboxylic acids is 1. The predicted molar refractivity (Wildman–Crippen MR) is 94.0 cm³/mol. The van der Waals surface area contributed by atoms with Crippen LogP contribution in [0.3, 0.4) is 0 Å². The highest BCUT2D eigenvalue weighted by Gasteiger charge is 2.45. The smallest absolute Gasteiger partial charge is 0.348 e. The Bertz CT molecular complexity index is 770. The Balaban J connectivity index is 1.72. The molecule has 0 bridgehead atoms. The van der Waals surface area contributed by atoms with Crippen LogP contribution in [0.1, 0.15) is 23.2 Å². The number of rotatable bonds is 4. The van der Waals surface area contributed by atoms with Crippen molar-refractivity contribution in [1.29, 1.82) is 0 Å². The molecule has 25 heavy (non-hydrogen) atoms. The van der Waals surface area contributed by atoms with Gasteiger partial charge in [-0.05, 0) is 30.3 Å². The molecule has 0 saturated carbocycles. The maximum absolute atomic E-state index is 12.6. The minimum atomic E-state index is -1.31. The number of amides is 1. The van der Waals surface area contributed by atoms with Gasteiger partial charge in [0.05, 0.1) is 0 Å². The van der Waals surface area contributed by atoms with Crippen molar-refractivity contribution in [2.45, 2.75) is 18.4 Å². The number of benzene rings is 2. The average Bonchev–Trinajstić information content (AvgIpc) is 2.62. The molecular weight excluding hydrogens is 342 g/mol. The number of nitrogens with zero attached hydrogens (tertiary/aromatic N) is 1. The quantitative estimate of drug-likeness (QED) is 0.907. The summed E-state index contributed by atoms with van der Waals surface area (Å²) in [4.78, 5) is 26.0. The fourth-order valence-corrected chi connectivity index (χ4v) is 3.14. The Hall–Kier alpha value is -2.53. The lowest BCUT2D eigenvalue weighted by Gasteiger charge is -2.38. The van der Waals surface area contributed by atoms with E-state index in [2.05, 4.69) is 0 Å². The van der Waals surface area contributed by atoms with Gasteiger partial charge in [0, 0.05) is 36.5 Å². The van der Waals surface area contributed by atoms with Gasteiger partial charge in [-0.1, -0.05) is 35.9 Å². The molecule has 3 rings (SSSR count). The van der Waals surface area contributed by atoms with Crippen LogP contribution in [0.15, 0.2) is 54.6 Å². The molecule has 0 aromatic heterocycles. The van der Waals surface area contributed by atoms with E-state index in [9.17, 15) is 14.7 Å². The van der Waals surface area contributed by atoms with Gasteiger partial charge in [-0.15, -0.1) is 0 Å². The van der Waals surface area contributed by atoms with Crippen molar-refractivity contribution in [2.24, 2.45) is 0 Å². The number of hydrogen-bond acceptors (Lipinski definition) is 3. The number of halogens is 1. The first-order chi connectivity index (χ1) is 12.0. The number of para-hydroxylation sites is 1. The molecule has 0 unspecified atom stereocenters. The van der Waals surface area contributed by atoms with E-state index in [0.717, 1.165) is 0 Å². The van der Waals surface area contributed by atoms with Crippen molar-refractivity contribution in [2.75, 3.05) is 13.1 Å². The molecule has 1 heterocycles. The van der Waals surface area contributed by atoms with Gasteiger partial charge in [0.1, 0.15) is 5.75 Å². The predicted octanol–water partition coefficient (Wildman–Crippen LogP) is 3.48. The molecule has 1 saturated heterocycles. The molecule has 0 aliphatic carbocycles. The molecule has 0 atom stereocenters. The monoisotopic (exact) mass is 359 g/mol. The standard InChI is InChI=1S/C19H18ClNO4/c20-15-6-4-5-14(13-15)17(22)21-11-9-19(10-12-21,18(23)24)25-16-7-2-1-3-8-16/h1-8,13H,9-12H2,(H,23,24). The van der Waals surface area contributed by atoms with Gasteiger partial charge < -0.3 is 14.7 Å².